The van der Waals surface area contributed by atoms with Crippen molar-refractivity contribution >= 4 is 27.5 Å². The van der Waals surface area contributed by atoms with Crippen LogP contribution in [0.1, 0.15) is 36.1 Å². The van der Waals surface area contributed by atoms with Crippen molar-refractivity contribution in [2.45, 2.75) is 52.1 Å². The Labute approximate surface area is 231 Å². The van der Waals surface area contributed by atoms with Crippen LogP contribution < -0.4 is 14.4 Å². The second-order valence-corrected chi connectivity index (χ2v) is 11.4. The largest absolute Gasteiger partial charge is 0.497 e. The molecular formula is C30H37N3O5S. The number of carbonyl (C=O) groups excluding carboxylic acids is 2. The van der Waals surface area contributed by atoms with Crippen LogP contribution in [0.3, 0.4) is 0 Å². The summed E-state index contributed by atoms with van der Waals surface area (Å²) < 4.78 is 34.4. The average molecular weight is 552 g/mol. The summed E-state index contributed by atoms with van der Waals surface area (Å²) in [5.74, 6) is -0.218. The van der Waals surface area contributed by atoms with Gasteiger partial charge in [-0.05, 0) is 76.1 Å². The molecule has 0 spiro atoms. The van der Waals surface area contributed by atoms with Crippen molar-refractivity contribution in [3.8, 4) is 5.75 Å². The number of rotatable bonds is 11. The number of hydrogen-bond donors (Lipinski definition) is 1. The molecule has 39 heavy (non-hydrogen) atoms. The lowest BCUT2D eigenvalue weighted by atomic mass is 10.1. The number of hydrogen-bond acceptors (Lipinski definition) is 5. The Kier molecular flexibility index (Phi) is 9.75. The molecular weight excluding hydrogens is 514 g/mol. The van der Waals surface area contributed by atoms with Gasteiger partial charge in [-0.15, -0.1) is 0 Å². The maximum atomic E-state index is 14.0. The fourth-order valence-corrected chi connectivity index (χ4v) is 5.79. The van der Waals surface area contributed by atoms with Crippen LogP contribution >= 0.6 is 0 Å². The number of likely N-dealkylation sites (N-methyl/N-ethyl adjacent to an activating group) is 1. The Morgan fingerprint density at radius 1 is 0.949 bits per heavy atom. The van der Waals surface area contributed by atoms with Gasteiger partial charge in [0.05, 0.1) is 17.7 Å². The second-order valence-electron chi connectivity index (χ2n) is 9.56. The number of sulfonamides is 1. The van der Waals surface area contributed by atoms with E-state index in [1.54, 1.807) is 57.4 Å². The van der Waals surface area contributed by atoms with Gasteiger partial charge in [0, 0.05) is 13.1 Å². The summed E-state index contributed by atoms with van der Waals surface area (Å²) in [5, 5.41) is 2.76. The van der Waals surface area contributed by atoms with Gasteiger partial charge in [-0.3, -0.25) is 13.9 Å². The fourth-order valence-electron chi connectivity index (χ4n) is 4.31. The summed E-state index contributed by atoms with van der Waals surface area (Å²) in [6, 6.07) is 18.3. The number of aryl methyl sites for hydroxylation is 3. The van der Waals surface area contributed by atoms with Crippen LogP contribution in [0.25, 0.3) is 0 Å². The van der Waals surface area contributed by atoms with E-state index in [0.717, 1.165) is 26.6 Å². The van der Waals surface area contributed by atoms with Gasteiger partial charge in [0.15, 0.2) is 0 Å². The van der Waals surface area contributed by atoms with E-state index >= 15 is 0 Å². The van der Waals surface area contributed by atoms with Gasteiger partial charge in [0.2, 0.25) is 11.8 Å². The van der Waals surface area contributed by atoms with Crippen molar-refractivity contribution < 1.29 is 22.7 Å². The van der Waals surface area contributed by atoms with Gasteiger partial charge in [-0.25, -0.2) is 8.42 Å². The lowest BCUT2D eigenvalue weighted by molar-refractivity contribution is -0.139. The van der Waals surface area contributed by atoms with Gasteiger partial charge in [-0.1, -0.05) is 47.5 Å². The normalized spacial score (nSPS) is 11.9. The highest BCUT2D eigenvalue weighted by atomic mass is 32.2. The third kappa shape index (κ3) is 7.17. The SMILES string of the molecule is CCNC(=O)[C@H](C)N(Cc1cccc(OC)c1)C(=O)CN(c1ccc(C)cc1C)S(=O)(=O)c1ccc(C)cc1. The maximum Gasteiger partial charge on any atom is 0.264 e. The predicted octanol–water partition coefficient (Wildman–Crippen LogP) is 4.37. The average Bonchev–Trinajstić information content (AvgIpc) is 2.90. The predicted molar refractivity (Wildman–Crippen MR) is 153 cm³/mol. The van der Waals surface area contributed by atoms with E-state index in [1.165, 1.54) is 17.0 Å². The molecule has 1 atom stereocenters. The van der Waals surface area contributed by atoms with E-state index < -0.39 is 28.5 Å². The molecule has 2 amide bonds. The van der Waals surface area contributed by atoms with Crippen molar-refractivity contribution in [1.82, 2.24) is 10.2 Å². The van der Waals surface area contributed by atoms with Crippen LogP contribution in [0.5, 0.6) is 5.75 Å². The van der Waals surface area contributed by atoms with Crippen LogP contribution in [0.4, 0.5) is 5.69 Å². The van der Waals surface area contributed by atoms with Gasteiger partial charge in [0.1, 0.15) is 18.3 Å². The Morgan fingerprint density at radius 2 is 1.62 bits per heavy atom. The summed E-state index contributed by atoms with van der Waals surface area (Å²) in [4.78, 5) is 28.3. The third-order valence-corrected chi connectivity index (χ3v) is 8.29. The first-order valence-electron chi connectivity index (χ1n) is 12.8. The first kappa shape index (κ1) is 29.7. The first-order valence-corrected chi connectivity index (χ1v) is 14.3. The molecule has 208 valence electrons. The van der Waals surface area contributed by atoms with Crippen LogP contribution in [-0.4, -0.2) is 51.4 Å². The van der Waals surface area contributed by atoms with Crippen LogP contribution in [0.2, 0.25) is 0 Å². The topological polar surface area (TPSA) is 96.0 Å². The third-order valence-electron chi connectivity index (χ3n) is 6.51. The number of anilines is 1. The zero-order valence-electron chi connectivity index (χ0n) is 23.4. The Balaban J connectivity index is 2.07. The lowest BCUT2D eigenvalue weighted by Gasteiger charge is -2.32. The van der Waals surface area contributed by atoms with Crippen molar-refractivity contribution in [2.75, 3.05) is 24.5 Å². The molecule has 3 rings (SSSR count). The molecule has 9 heteroatoms. The summed E-state index contributed by atoms with van der Waals surface area (Å²) >= 11 is 0. The molecule has 0 saturated heterocycles. The van der Waals surface area contributed by atoms with E-state index in [4.69, 9.17) is 4.74 Å². The number of amides is 2. The molecule has 0 aliphatic carbocycles. The van der Waals surface area contributed by atoms with Crippen molar-refractivity contribution in [1.29, 1.82) is 0 Å². The standard InChI is InChI=1S/C30H37N3O5S/c1-7-31-30(35)24(5)32(19-25-9-8-10-26(18-25)38-6)29(34)20-33(28-16-13-22(3)17-23(28)4)39(36,37)27-14-11-21(2)12-15-27/h8-18,24H,7,19-20H2,1-6H3,(H,31,35)/t24-/m0/s1. The molecule has 0 aliphatic heterocycles. The number of nitrogens with one attached hydrogen (secondary N) is 1. The molecule has 1 N–H and O–H groups in total. The van der Waals surface area contributed by atoms with Gasteiger partial charge < -0.3 is 15.0 Å². The van der Waals surface area contributed by atoms with Crippen molar-refractivity contribution in [3.63, 3.8) is 0 Å². The number of methoxy groups -OCH3 is 1. The van der Waals surface area contributed by atoms with Crippen LogP contribution in [0.15, 0.2) is 71.6 Å². The van der Waals surface area contributed by atoms with E-state index in [-0.39, 0.29) is 17.3 Å². The minimum atomic E-state index is -4.11. The molecule has 0 radical (unpaired) electrons. The highest BCUT2D eigenvalue weighted by Crippen LogP contribution is 2.28. The molecule has 0 unspecified atom stereocenters. The van der Waals surface area contributed by atoms with E-state index in [9.17, 15) is 18.0 Å². The monoisotopic (exact) mass is 551 g/mol. The molecule has 3 aromatic rings. The van der Waals surface area contributed by atoms with Gasteiger partial charge in [-0.2, -0.15) is 0 Å². The molecule has 0 heterocycles. The molecule has 0 fully saturated rings. The Hall–Kier alpha value is -3.85. The Morgan fingerprint density at radius 3 is 2.23 bits per heavy atom. The highest BCUT2D eigenvalue weighted by molar-refractivity contribution is 7.92. The zero-order chi connectivity index (χ0) is 28.7. The van der Waals surface area contributed by atoms with Gasteiger partial charge >= 0.3 is 0 Å². The highest BCUT2D eigenvalue weighted by Gasteiger charge is 2.33. The van der Waals surface area contributed by atoms with E-state index in [0.29, 0.717) is 18.0 Å². The lowest BCUT2D eigenvalue weighted by Crippen LogP contribution is -2.51. The second kappa shape index (κ2) is 12.8. The molecule has 0 bridgehead atoms. The number of nitrogens with zero attached hydrogens (tertiary/aromatic N) is 2. The fraction of sp³-hybridized carbons (Fsp3) is 0.333. The first-order chi connectivity index (χ1) is 18.5. The minimum Gasteiger partial charge on any atom is -0.497 e. The molecule has 0 aromatic heterocycles. The molecule has 3 aromatic carbocycles. The zero-order valence-corrected chi connectivity index (χ0v) is 24.2. The van der Waals surface area contributed by atoms with E-state index in [2.05, 4.69) is 5.32 Å². The number of benzene rings is 3. The quantitative estimate of drug-likeness (QED) is 0.382. The maximum absolute atomic E-state index is 14.0. The summed E-state index contributed by atoms with van der Waals surface area (Å²) in [6.07, 6.45) is 0. The number of ether oxygens (including phenoxy) is 1. The minimum absolute atomic E-state index is 0.0806. The van der Waals surface area contributed by atoms with Crippen LogP contribution in [0, 0.1) is 20.8 Å². The molecule has 0 saturated carbocycles. The van der Waals surface area contributed by atoms with E-state index in [1.807, 2.05) is 39.0 Å². The van der Waals surface area contributed by atoms with Crippen molar-refractivity contribution in [3.05, 3.63) is 89.0 Å². The summed E-state index contributed by atoms with van der Waals surface area (Å²) in [5.41, 5.74) is 3.76. The Bertz CT molecular complexity index is 1420. The summed E-state index contributed by atoms with van der Waals surface area (Å²) in [7, 11) is -2.56. The van der Waals surface area contributed by atoms with Crippen LogP contribution in [-0.2, 0) is 26.2 Å². The van der Waals surface area contributed by atoms with Crippen molar-refractivity contribution in [2.24, 2.45) is 0 Å². The molecule has 8 nitrogen and oxygen atoms in total. The summed E-state index contributed by atoms with van der Waals surface area (Å²) in [6.45, 7) is 9.07. The number of carbonyl (C=O) groups is 2. The smallest absolute Gasteiger partial charge is 0.264 e. The molecule has 0 aliphatic rings. The van der Waals surface area contributed by atoms with Gasteiger partial charge in [0.25, 0.3) is 10.0 Å².